The number of anilines is 1. The molecule has 0 spiro atoms. The molecule has 0 aromatic carbocycles. The molecule has 1 aliphatic heterocycles. The number of ether oxygens (including phenoxy) is 3. The highest BCUT2D eigenvalue weighted by molar-refractivity contribution is 5.76. The number of aromatic nitrogens is 4. The van der Waals surface area contributed by atoms with Gasteiger partial charge in [-0.3, -0.25) is 0 Å². The second kappa shape index (κ2) is 9.76. The molecule has 3 aromatic rings. The Kier molecular flexibility index (Phi) is 6.54. The van der Waals surface area contributed by atoms with E-state index in [-0.39, 0.29) is 30.5 Å². The molecule has 1 aliphatic carbocycles. The average Bonchev–Trinajstić information content (AvgIpc) is 3.43. The van der Waals surface area contributed by atoms with Crippen LogP contribution >= 0.6 is 0 Å². The number of rotatable bonds is 7. The number of hydrogen-bond donors (Lipinski definition) is 1. The van der Waals surface area contributed by atoms with E-state index < -0.39 is 11.6 Å². The quantitative estimate of drug-likeness (QED) is 0.532. The molecular formula is C25H29FN6O3. The lowest BCUT2D eigenvalue weighted by Crippen LogP contribution is -2.28. The van der Waals surface area contributed by atoms with Gasteiger partial charge in [0.25, 0.3) is 5.88 Å². The molecule has 0 bridgehead atoms. The first-order valence-corrected chi connectivity index (χ1v) is 12.0. The molecule has 2 fully saturated rings. The summed E-state index contributed by atoms with van der Waals surface area (Å²) in [7, 11) is 0. The van der Waals surface area contributed by atoms with Crippen molar-refractivity contribution in [2.24, 2.45) is 5.92 Å². The lowest BCUT2D eigenvalue weighted by Gasteiger charge is -2.28. The molecule has 0 radical (unpaired) electrons. The van der Waals surface area contributed by atoms with Gasteiger partial charge in [-0.2, -0.15) is 19.7 Å². The lowest BCUT2D eigenvalue weighted by atomic mass is 9.84. The number of hydrogen-bond acceptors (Lipinski definition) is 8. The van der Waals surface area contributed by atoms with Crippen molar-refractivity contribution >= 4 is 11.3 Å². The SMILES string of the molecule is CC1(C)OC[C@@H](COc2nc(-c3cnn4ccccc34)nc(N[C@H]3CC[C@H](CC#N)CC3)c2F)O1. The van der Waals surface area contributed by atoms with Gasteiger partial charge in [0.05, 0.1) is 30.0 Å². The van der Waals surface area contributed by atoms with Crippen LogP contribution in [0.1, 0.15) is 46.0 Å². The Morgan fingerprint density at radius 3 is 2.83 bits per heavy atom. The minimum absolute atomic E-state index is 0.0614. The van der Waals surface area contributed by atoms with Crippen LogP contribution in [-0.2, 0) is 9.47 Å². The van der Waals surface area contributed by atoms with Crippen molar-refractivity contribution in [3.8, 4) is 23.3 Å². The van der Waals surface area contributed by atoms with E-state index in [2.05, 4.69) is 26.5 Å². The number of nitriles is 1. The van der Waals surface area contributed by atoms with Crippen molar-refractivity contribution < 1.29 is 18.6 Å². The second-order valence-corrected chi connectivity index (χ2v) is 9.59. The molecule has 9 nitrogen and oxygen atoms in total. The van der Waals surface area contributed by atoms with E-state index in [1.54, 1.807) is 10.7 Å². The summed E-state index contributed by atoms with van der Waals surface area (Å²) in [5.41, 5.74) is 1.49. The molecule has 1 saturated heterocycles. The minimum atomic E-state index is -0.697. The van der Waals surface area contributed by atoms with Crippen molar-refractivity contribution in [1.29, 1.82) is 5.26 Å². The first-order chi connectivity index (χ1) is 16.9. The Bertz CT molecular complexity index is 1230. The Labute approximate surface area is 203 Å². The van der Waals surface area contributed by atoms with Crippen LogP contribution in [0.5, 0.6) is 5.88 Å². The van der Waals surface area contributed by atoms with Crippen molar-refractivity contribution in [1.82, 2.24) is 19.6 Å². The Morgan fingerprint density at radius 1 is 1.26 bits per heavy atom. The molecular weight excluding hydrogens is 451 g/mol. The zero-order chi connectivity index (χ0) is 24.4. The molecule has 0 amide bonds. The largest absolute Gasteiger partial charge is 0.473 e. The fraction of sp³-hybridized carbons (Fsp3) is 0.520. The fourth-order valence-corrected chi connectivity index (χ4v) is 4.70. The van der Waals surface area contributed by atoms with E-state index in [0.717, 1.165) is 31.2 Å². The van der Waals surface area contributed by atoms with Gasteiger partial charge >= 0.3 is 0 Å². The molecule has 35 heavy (non-hydrogen) atoms. The second-order valence-electron chi connectivity index (χ2n) is 9.59. The van der Waals surface area contributed by atoms with Crippen LogP contribution in [-0.4, -0.2) is 50.7 Å². The normalized spacial score (nSPS) is 23.8. The monoisotopic (exact) mass is 480 g/mol. The number of nitrogens with one attached hydrogen (secondary N) is 1. The summed E-state index contributed by atoms with van der Waals surface area (Å²) < 4.78 is 34.4. The van der Waals surface area contributed by atoms with E-state index in [4.69, 9.17) is 19.5 Å². The summed E-state index contributed by atoms with van der Waals surface area (Å²) >= 11 is 0. The van der Waals surface area contributed by atoms with Crippen molar-refractivity contribution in [2.45, 2.75) is 63.9 Å². The van der Waals surface area contributed by atoms with E-state index >= 15 is 4.39 Å². The molecule has 1 saturated carbocycles. The zero-order valence-corrected chi connectivity index (χ0v) is 19.9. The van der Waals surface area contributed by atoms with Crippen molar-refractivity contribution in [3.05, 3.63) is 36.4 Å². The number of pyridine rings is 1. The first kappa shape index (κ1) is 23.5. The number of fused-ring (bicyclic) bond motifs is 1. The summed E-state index contributed by atoms with van der Waals surface area (Å²) in [5.74, 6) is -0.640. The molecule has 184 valence electrons. The molecule has 0 unspecified atom stereocenters. The molecule has 10 heteroatoms. The van der Waals surface area contributed by atoms with E-state index in [1.165, 1.54) is 0 Å². The lowest BCUT2D eigenvalue weighted by molar-refractivity contribution is -0.141. The number of halogens is 1. The molecule has 1 atom stereocenters. The standard InChI is InChI=1S/C25H29FN6O3/c1-25(2)34-15-18(35-25)14-33-24-21(26)23(29-17-8-6-16(7-9-17)10-11-27)30-22(31-24)19-13-28-32-12-4-3-5-20(19)32/h3-5,12-13,16-18H,6-10,14-15H2,1-2H3,(H,29,30,31)/t16-,17-,18-/m1/s1. The van der Waals surface area contributed by atoms with Crippen LogP contribution in [0, 0.1) is 23.1 Å². The Hall–Kier alpha value is -3.29. The summed E-state index contributed by atoms with van der Waals surface area (Å²) in [6, 6.07) is 8.00. The third-order valence-electron chi connectivity index (χ3n) is 6.53. The summed E-state index contributed by atoms with van der Waals surface area (Å²) in [6.07, 6.45) is 7.29. The van der Waals surface area contributed by atoms with Crippen LogP contribution in [0.4, 0.5) is 10.2 Å². The van der Waals surface area contributed by atoms with Crippen LogP contribution < -0.4 is 10.1 Å². The van der Waals surface area contributed by atoms with Gasteiger partial charge in [-0.05, 0) is 57.6 Å². The topological polar surface area (TPSA) is 107 Å². The van der Waals surface area contributed by atoms with Gasteiger partial charge in [0, 0.05) is 18.7 Å². The molecule has 1 N–H and O–H groups in total. The Balaban J connectivity index is 1.42. The Morgan fingerprint density at radius 2 is 2.09 bits per heavy atom. The molecule has 2 aliphatic rings. The minimum Gasteiger partial charge on any atom is -0.473 e. The van der Waals surface area contributed by atoms with Gasteiger partial charge in [-0.25, -0.2) is 9.50 Å². The fourth-order valence-electron chi connectivity index (χ4n) is 4.70. The number of nitrogens with zero attached hydrogens (tertiary/aromatic N) is 5. The van der Waals surface area contributed by atoms with Gasteiger partial charge in [0.2, 0.25) is 5.82 Å². The van der Waals surface area contributed by atoms with E-state index in [9.17, 15) is 0 Å². The molecule has 4 heterocycles. The maximum atomic E-state index is 15.5. The maximum Gasteiger partial charge on any atom is 0.256 e. The third-order valence-corrected chi connectivity index (χ3v) is 6.53. The van der Waals surface area contributed by atoms with Crippen molar-refractivity contribution in [3.63, 3.8) is 0 Å². The van der Waals surface area contributed by atoms with E-state index in [0.29, 0.717) is 30.3 Å². The predicted octanol–water partition coefficient (Wildman–Crippen LogP) is 4.35. The highest BCUT2D eigenvalue weighted by Gasteiger charge is 2.33. The highest BCUT2D eigenvalue weighted by Crippen LogP contribution is 2.32. The van der Waals surface area contributed by atoms with Gasteiger partial charge in [-0.1, -0.05) is 6.07 Å². The summed E-state index contributed by atoms with van der Waals surface area (Å²) in [4.78, 5) is 8.96. The van der Waals surface area contributed by atoms with Gasteiger partial charge in [0.15, 0.2) is 17.4 Å². The molecule has 5 rings (SSSR count). The van der Waals surface area contributed by atoms with Crippen LogP contribution in [0.2, 0.25) is 0 Å². The van der Waals surface area contributed by atoms with Crippen molar-refractivity contribution in [2.75, 3.05) is 18.5 Å². The third kappa shape index (κ3) is 5.21. The summed E-state index contributed by atoms with van der Waals surface area (Å²) in [5, 5.41) is 16.6. The van der Waals surface area contributed by atoms with Gasteiger partial charge in [-0.15, -0.1) is 0 Å². The van der Waals surface area contributed by atoms with Crippen LogP contribution in [0.15, 0.2) is 30.6 Å². The van der Waals surface area contributed by atoms with E-state index in [1.807, 2.05) is 38.2 Å². The highest BCUT2D eigenvalue weighted by atomic mass is 19.1. The zero-order valence-electron chi connectivity index (χ0n) is 19.9. The predicted molar refractivity (Wildman–Crippen MR) is 126 cm³/mol. The van der Waals surface area contributed by atoms with Crippen LogP contribution in [0.3, 0.4) is 0 Å². The smallest absolute Gasteiger partial charge is 0.256 e. The molecule has 3 aromatic heterocycles. The van der Waals surface area contributed by atoms with Gasteiger partial charge < -0.3 is 19.5 Å². The first-order valence-electron chi connectivity index (χ1n) is 12.0. The van der Waals surface area contributed by atoms with Crippen LogP contribution in [0.25, 0.3) is 16.9 Å². The van der Waals surface area contributed by atoms with Gasteiger partial charge in [0.1, 0.15) is 12.7 Å². The summed E-state index contributed by atoms with van der Waals surface area (Å²) in [6.45, 7) is 4.12. The average molecular weight is 481 g/mol. The maximum absolute atomic E-state index is 15.5.